The molecule has 0 amide bonds. The number of fused-ring (bicyclic) bond motifs is 1. The fraction of sp³-hybridized carbons (Fsp3) is 0.571. The maximum absolute atomic E-state index is 3.66. The zero-order valence-electron chi connectivity index (χ0n) is 9.95. The molecule has 2 atom stereocenters. The molecular weight excluding hydrogens is 196 g/mol. The van der Waals surface area contributed by atoms with E-state index in [2.05, 4.69) is 41.4 Å². The quantitative estimate of drug-likeness (QED) is 0.775. The van der Waals surface area contributed by atoms with Crippen LogP contribution in [0.1, 0.15) is 24.8 Å². The first-order valence-electron chi connectivity index (χ1n) is 6.42. The number of rotatable bonds is 1. The molecule has 16 heavy (non-hydrogen) atoms. The summed E-state index contributed by atoms with van der Waals surface area (Å²) in [5.41, 5.74) is 2.86. The first-order valence-corrected chi connectivity index (χ1v) is 6.42. The van der Waals surface area contributed by atoms with Crippen molar-refractivity contribution in [2.24, 2.45) is 0 Å². The second-order valence-corrected chi connectivity index (χ2v) is 5.04. The third kappa shape index (κ3) is 1.61. The standard InChI is InChI=1S/C14H20N2/c1-11-5-2-3-7-13(11)16-10-9-15-12-6-4-8-14(12)16/h2-3,5,7,12,14-15H,4,6,8-10H2,1H3. The van der Waals surface area contributed by atoms with E-state index in [9.17, 15) is 0 Å². The summed E-state index contributed by atoms with van der Waals surface area (Å²) in [6, 6.07) is 10.3. The molecule has 1 heterocycles. The van der Waals surface area contributed by atoms with E-state index in [4.69, 9.17) is 0 Å². The molecule has 0 bridgehead atoms. The Hall–Kier alpha value is -1.02. The summed E-state index contributed by atoms with van der Waals surface area (Å²) in [5, 5.41) is 3.66. The molecule has 0 aromatic heterocycles. The zero-order valence-corrected chi connectivity index (χ0v) is 9.95. The summed E-state index contributed by atoms with van der Waals surface area (Å²) < 4.78 is 0. The van der Waals surface area contributed by atoms with Crippen LogP contribution in [0.3, 0.4) is 0 Å². The molecule has 1 saturated heterocycles. The topological polar surface area (TPSA) is 15.3 Å². The van der Waals surface area contributed by atoms with Gasteiger partial charge in [-0.2, -0.15) is 0 Å². The van der Waals surface area contributed by atoms with Crippen molar-refractivity contribution in [3.8, 4) is 0 Å². The van der Waals surface area contributed by atoms with Crippen LogP contribution in [0, 0.1) is 6.92 Å². The Balaban J connectivity index is 1.91. The lowest BCUT2D eigenvalue weighted by Crippen LogP contribution is -2.55. The summed E-state index contributed by atoms with van der Waals surface area (Å²) in [5.74, 6) is 0. The van der Waals surface area contributed by atoms with Gasteiger partial charge in [-0.05, 0) is 37.8 Å². The second-order valence-electron chi connectivity index (χ2n) is 5.04. The van der Waals surface area contributed by atoms with Crippen LogP contribution in [0.4, 0.5) is 5.69 Å². The monoisotopic (exact) mass is 216 g/mol. The highest BCUT2D eigenvalue weighted by atomic mass is 15.2. The summed E-state index contributed by atoms with van der Waals surface area (Å²) in [4.78, 5) is 2.63. The number of benzene rings is 1. The number of nitrogens with one attached hydrogen (secondary N) is 1. The van der Waals surface area contributed by atoms with Crippen molar-refractivity contribution in [1.29, 1.82) is 0 Å². The number of para-hydroxylation sites is 1. The molecule has 2 unspecified atom stereocenters. The van der Waals surface area contributed by atoms with E-state index >= 15 is 0 Å². The van der Waals surface area contributed by atoms with Gasteiger partial charge in [0.1, 0.15) is 0 Å². The third-order valence-corrected chi connectivity index (χ3v) is 4.06. The number of anilines is 1. The third-order valence-electron chi connectivity index (χ3n) is 4.06. The van der Waals surface area contributed by atoms with Crippen LogP contribution in [0.2, 0.25) is 0 Å². The van der Waals surface area contributed by atoms with Crippen molar-refractivity contribution in [2.45, 2.75) is 38.3 Å². The highest BCUT2D eigenvalue weighted by molar-refractivity contribution is 5.54. The maximum atomic E-state index is 3.66. The average molecular weight is 216 g/mol. The Morgan fingerprint density at radius 3 is 3.00 bits per heavy atom. The maximum Gasteiger partial charge on any atom is 0.0443 e. The van der Waals surface area contributed by atoms with Gasteiger partial charge < -0.3 is 10.2 Å². The Morgan fingerprint density at radius 1 is 1.25 bits per heavy atom. The van der Waals surface area contributed by atoms with E-state index in [1.165, 1.54) is 30.5 Å². The first kappa shape index (κ1) is 10.2. The lowest BCUT2D eigenvalue weighted by Gasteiger charge is -2.40. The molecular formula is C14H20N2. The van der Waals surface area contributed by atoms with Crippen LogP contribution in [0.5, 0.6) is 0 Å². The Morgan fingerprint density at radius 2 is 2.12 bits per heavy atom. The van der Waals surface area contributed by atoms with Crippen LogP contribution in [0.25, 0.3) is 0 Å². The van der Waals surface area contributed by atoms with Gasteiger partial charge in [-0.3, -0.25) is 0 Å². The minimum Gasteiger partial charge on any atom is -0.365 e. The second kappa shape index (κ2) is 4.10. The molecule has 1 N–H and O–H groups in total. The van der Waals surface area contributed by atoms with Crippen LogP contribution in [-0.2, 0) is 0 Å². The molecule has 1 aromatic carbocycles. The fourth-order valence-corrected chi connectivity index (χ4v) is 3.27. The van der Waals surface area contributed by atoms with E-state index in [-0.39, 0.29) is 0 Å². The average Bonchev–Trinajstić information content (AvgIpc) is 2.77. The number of piperazine rings is 1. The van der Waals surface area contributed by atoms with Gasteiger partial charge in [-0.25, -0.2) is 0 Å². The van der Waals surface area contributed by atoms with Crippen molar-refractivity contribution in [1.82, 2.24) is 5.32 Å². The van der Waals surface area contributed by atoms with Crippen LogP contribution >= 0.6 is 0 Å². The van der Waals surface area contributed by atoms with Crippen molar-refractivity contribution in [3.05, 3.63) is 29.8 Å². The SMILES string of the molecule is Cc1ccccc1N1CCNC2CCCC21. The number of hydrogen-bond acceptors (Lipinski definition) is 2. The van der Waals surface area contributed by atoms with Gasteiger partial charge in [0.2, 0.25) is 0 Å². The minimum atomic E-state index is 0.730. The van der Waals surface area contributed by atoms with Gasteiger partial charge in [-0.1, -0.05) is 18.2 Å². The molecule has 2 aliphatic rings. The summed E-state index contributed by atoms with van der Waals surface area (Å²) >= 11 is 0. The predicted octanol–water partition coefficient (Wildman–Crippen LogP) is 2.33. The van der Waals surface area contributed by atoms with E-state index in [1.54, 1.807) is 0 Å². The number of hydrogen-bond donors (Lipinski definition) is 1. The number of aryl methyl sites for hydroxylation is 1. The molecule has 1 aliphatic heterocycles. The highest BCUT2D eigenvalue weighted by Crippen LogP contribution is 2.31. The van der Waals surface area contributed by atoms with Gasteiger partial charge in [0, 0.05) is 30.9 Å². The lowest BCUT2D eigenvalue weighted by molar-refractivity contribution is 0.403. The molecule has 1 aliphatic carbocycles. The van der Waals surface area contributed by atoms with Gasteiger partial charge in [0.05, 0.1) is 0 Å². The minimum absolute atomic E-state index is 0.730. The largest absolute Gasteiger partial charge is 0.365 e. The fourth-order valence-electron chi connectivity index (χ4n) is 3.27. The summed E-state index contributed by atoms with van der Waals surface area (Å²) in [7, 11) is 0. The summed E-state index contributed by atoms with van der Waals surface area (Å²) in [6.45, 7) is 4.52. The van der Waals surface area contributed by atoms with Crippen LogP contribution in [0.15, 0.2) is 24.3 Å². The van der Waals surface area contributed by atoms with Crippen LogP contribution in [-0.4, -0.2) is 25.2 Å². The van der Waals surface area contributed by atoms with Gasteiger partial charge in [-0.15, -0.1) is 0 Å². The van der Waals surface area contributed by atoms with E-state index in [0.717, 1.165) is 25.2 Å². The molecule has 1 saturated carbocycles. The Labute approximate surface area is 97.6 Å². The van der Waals surface area contributed by atoms with Crippen molar-refractivity contribution in [3.63, 3.8) is 0 Å². The Bertz CT molecular complexity index is 375. The van der Waals surface area contributed by atoms with Crippen molar-refractivity contribution >= 4 is 5.69 Å². The molecule has 0 radical (unpaired) electrons. The van der Waals surface area contributed by atoms with Crippen LogP contribution < -0.4 is 10.2 Å². The molecule has 2 fully saturated rings. The lowest BCUT2D eigenvalue weighted by atomic mass is 10.0. The molecule has 1 aromatic rings. The normalized spacial score (nSPS) is 29.2. The summed E-state index contributed by atoms with van der Waals surface area (Å²) in [6.07, 6.45) is 4.09. The smallest absolute Gasteiger partial charge is 0.0443 e. The molecule has 3 rings (SSSR count). The van der Waals surface area contributed by atoms with E-state index < -0.39 is 0 Å². The molecule has 86 valence electrons. The Kier molecular flexibility index (Phi) is 2.60. The van der Waals surface area contributed by atoms with E-state index in [0.29, 0.717) is 0 Å². The van der Waals surface area contributed by atoms with Crippen molar-refractivity contribution < 1.29 is 0 Å². The predicted molar refractivity (Wildman–Crippen MR) is 68.0 cm³/mol. The van der Waals surface area contributed by atoms with Gasteiger partial charge in [0.25, 0.3) is 0 Å². The highest BCUT2D eigenvalue weighted by Gasteiger charge is 2.35. The van der Waals surface area contributed by atoms with Crippen molar-refractivity contribution in [2.75, 3.05) is 18.0 Å². The van der Waals surface area contributed by atoms with Gasteiger partial charge >= 0.3 is 0 Å². The molecule has 0 spiro atoms. The first-order chi connectivity index (χ1) is 7.86. The van der Waals surface area contributed by atoms with E-state index in [1.807, 2.05) is 0 Å². The van der Waals surface area contributed by atoms with Gasteiger partial charge in [0.15, 0.2) is 0 Å². The molecule has 2 heteroatoms. The zero-order chi connectivity index (χ0) is 11.0. The number of nitrogens with zero attached hydrogens (tertiary/aromatic N) is 1. The molecule has 2 nitrogen and oxygen atoms in total.